The standard InChI is InChI=1S/C30H25ClN2O/c31-28-11-8-25(9-12-28)26-10-14-29(32-21-26)13-5-23-6-15-30(16-7-23)34-20-19-33-18-17-24-3-1-2-4-27(24)22-33/h1-4,6-12,14-16,21H,17-20,22H2. The second-order valence-corrected chi connectivity index (χ2v) is 8.79. The molecule has 0 bridgehead atoms. The SMILES string of the molecule is Clc1ccc(-c2ccc(C#Cc3ccc(OCCN4CCc5ccccc5C4)cc3)nc2)cc1. The van der Waals surface area contributed by atoms with Crippen LogP contribution in [0, 0.1) is 11.8 Å². The van der Waals surface area contributed by atoms with Crippen LogP contribution < -0.4 is 4.74 Å². The Morgan fingerprint density at radius 1 is 0.824 bits per heavy atom. The van der Waals surface area contributed by atoms with Crippen LogP contribution in [0.15, 0.2) is 91.1 Å². The summed E-state index contributed by atoms with van der Waals surface area (Å²) < 4.78 is 5.97. The Labute approximate surface area is 206 Å². The Morgan fingerprint density at radius 2 is 1.59 bits per heavy atom. The van der Waals surface area contributed by atoms with Crippen molar-refractivity contribution in [3.8, 4) is 28.7 Å². The van der Waals surface area contributed by atoms with Crippen LogP contribution in [0.5, 0.6) is 5.75 Å². The summed E-state index contributed by atoms with van der Waals surface area (Å²) in [5.74, 6) is 7.18. The average molecular weight is 465 g/mol. The predicted molar refractivity (Wildman–Crippen MR) is 138 cm³/mol. The molecule has 0 N–H and O–H groups in total. The van der Waals surface area contributed by atoms with Gasteiger partial charge in [0.2, 0.25) is 0 Å². The molecule has 0 radical (unpaired) electrons. The number of halogens is 1. The number of rotatable bonds is 5. The van der Waals surface area contributed by atoms with Crippen LogP contribution in [0.2, 0.25) is 5.02 Å². The van der Waals surface area contributed by atoms with Crippen molar-refractivity contribution in [1.29, 1.82) is 0 Å². The average Bonchev–Trinajstić information content (AvgIpc) is 2.89. The van der Waals surface area contributed by atoms with Crippen LogP contribution in [0.1, 0.15) is 22.4 Å². The largest absolute Gasteiger partial charge is 0.492 e. The van der Waals surface area contributed by atoms with E-state index in [-0.39, 0.29) is 0 Å². The van der Waals surface area contributed by atoms with E-state index in [2.05, 4.69) is 46.0 Å². The highest BCUT2D eigenvalue weighted by Crippen LogP contribution is 2.21. The van der Waals surface area contributed by atoms with Crippen molar-refractivity contribution in [3.63, 3.8) is 0 Å². The van der Waals surface area contributed by atoms with Gasteiger partial charge in [-0.05, 0) is 71.5 Å². The lowest BCUT2D eigenvalue weighted by Crippen LogP contribution is -2.33. The van der Waals surface area contributed by atoms with E-state index in [1.807, 2.05) is 66.9 Å². The molecule has 168 valence electrons. The molecule has 1 aliphatic heterocycles. The monoisotopic (exact) mass is 464 g/mol. The van der Waals surface area contributed by atoms with Gasteiger partial charge in [0.1, 0.15) is 18.1 Å². The van der Waals surface area contributed by atoms with E-state index >= 15 is 0 Å². The van der Waals surface area contributed by atoms with Gasteiger partial charge >= 0.3 is 0 Å². The number of fused-ring (bicyclic) bond motifs is 1. The molecule has 4 heteroatoms. The number of hydrogen-bond acceptors (Lipinski definition) is 3. The van der Waals surface area contributed by atoms with Gasteiger partial charge < -0.3 is 4.74 Å². The molecule has 0 spiro atoms. The third-order valence-electron chi connectivity index (χ3n) is 6.02. The molecule has 0 fully saturated rings. The van der Waals surface area contributed by atoms with Gasteiger partial charge in [0.15, 0.2) is 0 Å². The fraction of sp³-hybridized carbons (Fsp3) is 0.167. The number of hydrogen-bond donors (Lipinski definition) is 0. The van der Waals surface area contributed by atoms with Gasteiger partial charge in [-0.1, -0.05) is 60.0 Å². The molecule has 2 heterocycles. The van der Waals surface area contributed by atoms with Crippen molar-refractivity contribution in [3.05, 3.63) is 119 Å². The molecule has 4 aromatic rings. The lowest BCUT2D eigenvalue weighted by Gasteiger charge is -2.28. The number of nitrogens with zero attached hydrogens (tertiary/aromatic N) is 2. The van der Waals surface area contributed by atoms with Crippen molar-refractivity contribution >= 4 is 11.6 Å². The third-order valence-corrected chi connectivity index (χ3v) is 6.27. The fourth-order valence-electron chi connectivity index (χ4n) is 4.09. The zero-order chi connectivity index (χ0) is 23.2. The summed E-state index contributed by atoms with van der Waals surface area (Å²) in [6.07, 6.45) is 2.95. The Bertz CT molecular complexity index is 1300. The Morgan fingerprint density at radius 3 is 2.35 bits per heavy atom. The minimum Gasteiger partial charge on any atom is -0.492 e. The van der Waals surface area contributed by atoms with Crippen LogP contribution in [-0.2, 0) is 13.0 Å². The first-order valence-electron chi connectivity index (χ1n) is 11.5. The quantitative estimate of drug-likeness (QED) is 0.327. The zero-order valence-electron chi connectivity index (χ0n) is 18.9. The van der Waals surface area contributed by atoms with E-state index in [1.165, 1.54) is 11.1 Å². The van der Waals surface area contributed by atoms with E-state index in [0.29, 0.717) is 6.61 Å². The molecule has 3 nitrogen and oxygen atoms in total. The highest BCUT2D eigenvalue weighted by Gasteiger charge is 2.15. The van der Waals surface area contributed by atoms with E-state index in [0.717, 1.165) is 59.2 Å². The van der Waals surface area contributed by atoms with Crippen molar-refractivity contribution < 1.29 is 4.74 Å². The van der Waals surface area contributed by atoms with Crippen molar-refractivity contribution in [2.45, 2.75) is 13.0 Å². The number of aromatic nitrogens is 1. The molecule has 0 aliphatic carbocycles. The van der Waals surface area contributed by atoms with Crippen molar-refractivity contribution in [1.82, 2.24) is 9.88 Å². The first kappa shape index (κ1) is 22.2. The van der Waals surface area contributed by atoms with Crippen LogP contribution >= 0.6 is 11.6 Å². The van der Waals surface area contributed by atoms with Crippen molar-refractivity contribution in [2.75, 3.05) is 19.7 Å². The van der Waals surface area contributed by atoms with Gasteiger partial charge in [-0.3, -0.25) is 4.90 Å². The number of ether oxygens (including phenoxy) is 1. The van der Waals surface area contributed by atoms with E-state index < -0.39 is 0 Å². The fourth-order valence-corrected chi connectivity index (χ4v) is 4.22. The first-order chi connectivity index (χ1) is 16.7. The first-order valence-corrected chi connectivity index (χ1v) is 11.9. The van der Waals surface area contributed by atoms with Crippen LogP contribution in [0.25, 0.3) is 11.1 Å². The number of benzene rings is 3. The summed E-state index contributed by atoms with van der Waals surface area (Å²) in [7, 11) is 0. The normalized spacial score (nSPS) is 13.0. The maximum absolute atomic E-state index is 5.97. The van der Waals surface area contributed by atoms with E-state index in [9.17, 15) is 0 Å². The maximum Gasteiger partial charge on any atom is 0.119 e. The molecular weight excluding hydrogens is 440 g/mol. The topological polar surface area (TPSA) is 25.4 Å². The minimum absolute atomic E-state index is 0.678. The smallest absolute Gasteiger partial charge is 0.119 e. The second-order valence-electron chi connectivity index (χ2n) is 8.36. The van der Waals surface area contributed by atoms with Crippen LogP contribution in [0.3, 0.4) is 0 Å². The minimum atomic E-state index is 0.678. The molecule has 0 amide bonds. The second kappa shape index (κ2) is 10.6. The molecule has 34 heavy (non-hydrogen) atoms. The molecular formula is C30H25ClN2O. The molecule has 1 aliphatic rings. The number of pyridine rings is 1. The molecule has 5 rings (SSSR count). The maximum atomic E-state index is 5.97. The molecule has 1 aromatic heterocycles. The summed E-state index contributed by atoms with van der Waals surface area (Å²) in [5.41, 5.74) is 6.70. The lowest BCUT2D eigenvalue weighted by atomic mass is 10.0. The summed E-state index contributed by atoms with van der Waals surface area (Å²) in [4.78, 5) is 6.92. The van der Waals surface area contributed by atoms with E-state index in [4.69, 9.17) is 16.3 Å². The van der Waals surface area contributed by atoms with Crippen LogP contribution in [0.4, 0.5) is 0 Å². The van der Waals surface area contributed by atoms with E-state index in [1.54, 1.807) is 0 Å². The van der Waals surface area contributed by atoms with Crippen LogP contribution in [-0.4, -0.2) is 29.6 Å². The van der Waals surface area contributed by atoms with Gasteiger partial charge in [-0.25, -0.2) is 4.98 Å². The van der Waals surface area contributed by atoms with Gasteiger partial charge in [0.25, 0.3) is 0 Å². The van der Waals surface area contributed by atoms with Gasteiger partial charge in [-0.2, -0.15) is 0 Å². The predicted octanol–water partition coefficient (Wildman–Crippen LogP) is 6.24. The van der Waals surface area contributed by atoms with Gasteiger partial charge in [0, 0.05) is 42.0 Å². The zero-order valence-corrected chi connectivity index (χ0v) is 19.6. The highest BCUT2D eigenvalue weighted by atomic mass is 35.5. The summed E-state index contributed by atoms with van der Waals surface area (Å²) in [6, 6.07) is 28.3. The summed E-state index contributed by atoms with van der Waals surface area (Å²) in [6.45, 7) is 3.69. The van der Waals surface area contributed by atoms with Gasteiger partial charge in [-0.15, -0.1) is 0 Å². The molecule has 0 saturated carbocycles. The summed E-state index contributed by atoms with van der Waals surface area (Å²) in [5, 5.41) is 0.726. The molecule has 0 unspecified atom stereocenters. The lowest BCUT2D eigenvalue weighted by molar-refractivity contribution is 0.196. The molecule has 3 aromatic carbocycles. The molecule has 0 atom stereocenters. The van der Waals surface area contributed by atoms with Gasteiger partial charge in [0.05, 0.1) is 0 Å². The summed E-state index contributed by atoms with van der Waals surface area (Å²) >= 11 is 5.96. The Kier molecular flexibility index (Phi) is 6.91. The molecule has 0 saturated heterocycles. The highest BCUT2D eigenvalue weighted by molar-refractivity contribution is 6.30. The van der Waals surface area contributed by atoms with Crippen molar-refractivity contribution in [2.24, 2.45) is 0 Å². The Balaban J connectivity index is 1.12. The third kappa shape index (κ3) is 5.66. The Hall–Kier alpha value is -3.58.